The maximum atomic E-state index is 12.1. The highest BCUT2D eigenvalue weighted by molar-refractivity contribution is 5.96. The fraction of sp³-hybridized carbons (Fsp3) is 0.417. The number of hydrogen-bond acceptors (Lipinski definition) is 4. The van der Waals surface area contributed by atoms with Gasteiger partial charge < -0.3 is 9.84 Å². The van der Waals surface area contributed by atoms with Crippen molar-refractivity contribution in [3.63, 3.8) is 0 Å². The minimum absolute atomic E-state index is 0.0648. The fourth-order valence-corrected chi connectivity index (χ4v) is 1.70. The molecule has 2 rings (SSSR count). The molecule has 0 bridgehead atoms. The van der Waals surface area contributed by atoms with Gasteiger partial charge in [0.2, 0.25) is 0 Å². The molecule has 1 saturated heterocycles. The molecule has 1 fully saturated rings. The lowest BCUT2D eigenvalue weighted by atomic mass is 10.1. The lowest BCUT2D eigenvalue weighted by Gasteiger charge is -2.26. The van der Waals surface area contributed by atoms with Crippen molar-refractivity contribution in [3.8, 4) is 11.5 Å². The van der Waals surface area contributed by atoms with E-state index in [4.69, 9.17) is 9.57 Å². The van der Waals surface area contributed by atoms with Gasteiger partial charge in [0.25, 0.3) is 5.91 Å². The Bertz CT molecular complexity index is 413. The summed E-state index contributed by atoms with van der Waals surface area (Å²) in [5.74, 6) is 0.134. The van der Waals surface area contributed by atoms with Gasteiger partial charge in [0.05, 0.1) is 19.3 Å². The van der Waals surface area contributed by atoms with Crippen molar-refractivity contribution in [2.45, 2.75) is 12.8 Å². The highest BCUT2D eigenvalue weighted by Gasteiger charge is 2.22. The van der Waals surface area contributed by atoms with Gasteiger partial charge in [-0.3, -0.25) is 9.63 Å². The Hall–Kier alpha value is -1.75. The van der Waals surface area contributed by atoms with Crippen LogP contribution < -0.4 is 4.74 Å². The molecule has 0 spiro atoms. The van der Waals surface area contributed by atoms with E-state index in [9.17, 15) is 9.90 Å². The Kier molecular flexibility index (Phi) is 3.49. The molecule has 0 aromatic heterocycles. The third-order valence-corrected chi connectivity index (χ3v) is 2.66. The molecular formula is C12H15NO4. The van der Waals surface area contributed by atoms with Gasteiger partial charge in [-0.1, -0.05) is 0 Å². The first kappa shape index (κ1) is 11.7. The number of hydroxylamine groups is 2. The Morgan fingerprint density at radius 2 is 2.29 bits per heavy atom. The number of phenols is 1. The van der Waals surface area contributed by atoms with Crippen LogP contribution in [0.1, 0.15) is 23.2 Å². The van der Waals surface area contributed by atoms with Crippen molar-refractivity contribution in [2.24, 2.45) is 0 Å². The molecular weight excluding hydrogens is 222 g/mol. The lowest BCUT2D eigenvalue weighted by molar-refractivity contribution is -0.144. The molecule has 1 aliphatic heterocycles. The molecule has 1 heterocycles. The molecule has 5 nitrogen and oxygen atoms in total. The van der Waals surface area contributed by atoms with Gasteiger partial charge in [0.15, 0.2) is 0 Å². The molecule has 1 N–H and O–H groups in total. The van der Waals surface area contributed by atoms with Gasteiger partial charge >= 0.3 is 0 Å². The summed E-state index contributed by atoms with van der Waals surface area (Å²) in [6.07, 6.45) is 1.87. The number of hydrogen-bond donors (Lipinski definition) is 1. The topological polar surface area (TPSA) is 59.0 Å². The molecule has 1 aromatic carbocycles. The monoisotopic (exact) mass is 237 g/mol. The van der Waals surface area contributed by atoms with E-state index in [2.05, 4.69) is 0 Å². The summed E-state index contributed by atoms with van der Waals surface area (Å²) >= 11 is 0. The van der Waals surface area contributed by atoms with Crippen LogP contribution in [0.5, 0.6) is 11.5 Å². The zero-order valence-electron chi connectivity index (χ0n) is 9.68. The van der Waals surface area contributed by atoms with Crippen molar-refractivity contribution < 1.29 is 19.5 Å². The predicted molar refractivity (Wildman–Crippen MR) is 60.9 cm³/mol. The Morgan fingerprint density at radius 1 is 1.47 bits per heavy atom. The molecule has 0 atom stereocenters. The van der Waals surface area contributed by atoms with Gasteiger partial charge in [-0.15, -0.1) is 0 Å². The predicted octanol–water partition coefficient (Wildman–Crippen LogP) is 1.57. The largest absolute Gasteiger partial charge is 0.507 e. The molecule has 17 heavy (non-hydrogen) atoms. The normalized spacial score (nSPS) is 15.7. The van der Waals surface area contributed by atoms with Gasteiger partial charge in [-0.25, -0.2) is 5.06 Å². The van der Waals surface area contributed by atoms with Crippen LogP contribution in [0.4, 0.5) is 0 Å². The summed E-state index contributed by atoms with van der Waals surface area (Å²) in [6, 6.07) is 4.55. The molecule has 5 heteroatoms. The molecule has 1 aliphatic rings. The number of amides is 1. The standard InChI is InChI=1S/C12H15NO4/c1-16-9-4-5-11(14)10(8-9)12(15)13-6-2-3-7-17-13/h4-5,8,14H,2-3,6-7H2,1H3. The Balaban J connectivity index is 2.22. The zero-order valence-corrected chi connectivity index (χ0v) is 9.68. The number of methoxy groups -OCH3 is 1. The minimum atomic E-state index is -0.332. The number of phenolic OH excluding ortho intramolecular Hbond substituents is 1. The smallest absolute Gasteiger partial charge is 0.281 e. The highest BCUT2D eigenvalue weighted by Crippen LogP contribution is 2.25. The van der Waals surface area contributed by atoms with Gasteiger partial charge in [-0.2, -0.15) is 0 Å². The van der Waals surface area contributed by atoms with Crippen LogP contribution in [0, 0.1) is 0 Å². The van der Waals surface area contributed by atoms with E-state index < -0.39 is 0 Å². The van der Waals surface area contributed by atoms with Crippen molar-refractivity contribution >= 4 is 5.91 Å². The van der Waals surface area contributed by atoms with Crippen LogP contribution in [-0.4, -0.2) is 36.3 Å². The maximum absolute atomic E-state index is 12.1. The molecule has 1 aromatic rings. The first-order valence-electron chi connectivity index (χ1n) is 5.54. The van der Waals surface area contributed by atoms with Gasteiger partial charge in [0.1, 0.15) is 11.5 Å². The quantitative estimate of drug-likeness (QED) is 0.848. The van der Waals surface area contributed by atoms with E-state index in [-0.39, 0.29) is 17.2 Å². The third-order valence-electron chi connectivity index (χ3n) is 2.66. The average molecular weight is 237 g/mol. The van der Waals surface area contributed by atoms with E-state index in [1.165, 1.54) is 24.3 Å². The molecule has 92 valence electrons. The molecule has 0 saturated carbocycles. The second-order valence-corrected chi connectivity index (χ2v) is 3.83. The number of benzene rings is 1. The number of carbonyl (C=O) groups excluding carboxylic acids is 1. The molecule has 0 radical (unpaired) electrons. The average Bonchev–Trinajstić information content (AvgIpc) is 2.39. The van der Waals surface area contributed by atoms with Crippen LogP contribution in [0.15, 0.2) is 18.2 Å². The van der Waals surface area contributed by atoms with E-state index in [1.54, 1.807) is 6.07 Å². The summed E-state index contributed by atoms with van der Waals surface area (Å²) in [5.41, 5.74) is 0.200. The van der Waals surface area contributed by atoms with Crippen LogP contribution in [0.25, 0.3) is 0 Å². The number of ether oxygens (including phenoxy) is 1. The molecule has 0 aliphatic carbocycles. The number of nitrogens with zero attached hydrogens (tertiary/aromatic N) is 1. The summed E-state index contributed by atoms with van der Waals surface area (Å²) in [5, 5.41) is 11.0. The SMILES string of the molecule is COc1ccc(O)c(C(=O)N2CCCCO2)c1. The fourth-order valence-electron chi connectivity index (χ4n) is 1.70. The van der Waals surface area contributed by atoms with Crippen molar-refractivity contribution in [1.29, 1.82) is 0 Å². The molecule has 0 unspecified atom stereocenters. The Labute approximate surface area is 99.5 Å². The second kappa shape index (κ2) is 5.05. The van der Waals surface area contributed by atoms with Crippen LogP contribution in [0.3, 0.4) is 0 Å². The first-order chi connectivity index (χ1) is 8.22. The van der Waals surface area contributed by atoms with Crippen LogP contribution >= 0.6 is 0 Å². The summed E-state index contributed by atoms with van der Waals surface area (Å²) in [4.78, 5) is 17.3. The summed E-state index contributed by atoms with van der Waals surface area (Å²) < 4.78 is 5.02. The number of rotatable bonds is 2. The molecule has 1 amide bonds. The summed E-state index contributed by atoms with van der Waals surface area (Å²) in [7, 11) is 1.51. The third kappa shape index (κ3) is 2.50. The number of aromatic hydroxyl groups is 1. The lowest BCUT2D eigenvalue weighted by Crippen LogP contribution is -2.35. The van der Waals surface area contributed by atoms with Crippen LogP contribution in [0.2, 0.25) is 0 Å². The van der Waals surface area contributed by atoms with Gasteiger partial charge in [-0.05, 0) is 31.0 Å². The van der Waals surface area contributed by atoms with Crippen molar-refractivity contribution in [1.82, 2.24) is 5.06 Å². The summed E-state index contributed by atoms with van der Waals surface area (Å²) in [6.45, 7) is 1.09. The van der Waals surface area contributed by atoms with E-state index in [0.29, 0.717) is 18.9 Å². The Morgan fingerprint density at radius 3 is 2.94 bits per heavy atom. The zero-order chi connectivity index (χ0) is 12.3. The number of carbonyl (C=O) groups is 1. The van der Waals surface area contributed by atoms with E-state index >= 15 is 0 Å². The van der Waals surface area contributed by atoms with Crippen molar-refractivity contribution in [3.05, 3.63) is 23.8 Å². The first-order valence-corrected chi connectivity index (χ1v) is 5.54. The highest BCUT2D eigenvalue weighted by atomic mass is 16.7. The van der Waals surface area contributed by atoms with E-state index in [1.807, 2.05) is 0 Å². The van der Waals surface area contributed by atoms with Crippen molar-refractivity contribution in [2.75, 3.05) is 20.3 Å². The van der Waals surface area contributed by atoms with Gasteiger partial charge in [0, 0.05) is 6.54 Å². The minimum Gasteiger partial charge on any atom is -0.507 e. The van der Waals surface area contributed by atoms with E-state index in [0.717, 1.165) is 12.8 Å². The maximum Gasteiger partial charge on any atom is 0.281 e. The van der Waals surface area contributed by atoms with Crippen LogP contribution in [-0.2, 0) is 4.84 Å². The second-order valence-electron chi connectivity index (χ2n) is 3.83.